The van der Waals surface area contributed by atoms with Gasteiger partial charge in [-0.2, -0.15) is 0 Å². The van der Waals surface area contributed by atoms with Gasteiger partial charge in [0, 0.05) is 5.56 Å². The molecule has 1 aromatic rings. The van der Waals surface area contributed by atoms with Crippen molar-refractivity contribution < 1.29 is 14.3 Å². The third kappa shape index (κ3) is 4.51. The first kappa shape index (κ1) is 20.6. The lowest BCUT2D eigenvalue weighted by Crippen LogP contribution is -2.37. The van der Waals surface area contributed by atoms with E-state index < -0.39 is 0 Å². The smallest absolute Gasteiger partial charge is 0.174 e. The second-order valence-corrected chi connectivity index (χ2v) is 8.20. The summed E-state index contributed by atoms with van der Waals surface area (Å²) in [6.45, 7) is 13.0. The van der Waals surface area contributed by atoms with Crippen LogP contribution in [0.3, 0.4) is 0 Å². The van der Waals surface area contributed by atoms with E-state index >= 15 is 0 Å². The van der Waals surface area contributed by atoms with Crippen LogP contribution in [0.2, 0.25) is 0 Å². The second-order valence-electron chi connectivity index (χ2n) is 8.20. The molecule has 0 saturated carbocycles. The zero-order valence-electron chi connectivity index (χ0n) is 17.3. The molecule has 0 amide bonds. The van der Waals surface area contributed by atoms with Gasteiger partial charge in [0.2, 0.25) is 0 Å². The molecule has 2 atom stereocenters. The molecule has 1 heterocycles. The molecule has 144 valence electrons. The molecule has 3 nitrogen and oxygen atoms in total. The van der Waals surface area contributed by atoms with Crippen LogP contribution in [0, 0.1) is 26.7 Å². The average molecular weight is 359 g/mol. The van der Waals surface area contributed by atoms with Crippen molar-refractivity contribution in [2.24, 2.45) is 5.92 Å². The first-order chi connectivity index (χ1) is 12.3. The maximum absolute atomic E-state index is 10.5. The molecule has 1 aromatic carbocycles. The number of hydrogen-bond acceptors (Lipinski definition) is 3. The first-order valence-electron chi connectivity index (χ1n) is 10.0. The van der Waals surface area contributed by atoms with Crippen molar-refractivity contribution in [3.63, 3.8) is 0 Å². The van der Waals surface area contributed by atoms with Gasteiger partial charge in [-0.25, -0.2) is 4.79 Å². The molecule has 0 radical (unpaired) electrons. The van der Waals surface area contributed by atoms with Crippen molar-refractivity contribution in [2.45, 2.75) is 92.1 Å². The third-order valence-electron chi connectivity index (χ3n) is 5.97. The Balaban J connectivity index is 2.18. The van der Waals surface area contributed by atoms with E-state index in [4.69, 9.17) is 9.47 Å². The zero-order chi connectivity index (χ0) is 19.3. The normalized spacial score (nSPS) is 19.9. The van der Waals surface area contributed by atoms with Crippen molar-refractivity contribution in [1.82, 2.24) is 0 Å². The molecule has 0 bridgehead atoms. The maximum Gasteiger partial charge on any atom is 0.174 e. The standard InChI is InChI=1S/C23H34O3/c1-7-9-16(2)10-8-12-23(6)13-11-20-19(5)21(25-15-14-24)17(3)18(4)22(20)26-23/h15-16H,7-13H2,1-6H3. The van der Waals surface area contributed by atoms with Crippen molar-refractivity contribution in [3.05, 3.63) is 28.5 Å². The summed E-state index contributed by atoms with van der Waals surface area (Å²) in [5.74, 6) is 4.29. The number of rotatable bonds is 8. The second kappa shape index (κ2) is 8.77. The van der Waals surface area contributed by atoms with Gasteiger partial charge in [0.25, 0.3) is 0 Å². The molecule has 0 fully saturated rings. The van der Waals surface area contributed by atoms with E-state index in [1.54, 1.807) is 5.94 Å². The summed E-state index contributed by atoms with van der Waals surface area (Å²) in [7, 11) is 0. The molecule has 2 unspecified atom stereocenters. The van der Waals surface area contributed by atoms with Gasteiger partial charge < -0.3 is 9.47 Å². The van der Waals surface area contributed by atoms with Crippen molar-refractivity contribution >= 4 is 5.94 Å². The number of benzene rings is 1. The van der Waals surface area contributed by atoms with E-state index in [0.717, 1.165) is 59.6 Å². The van der Waals surface area contributed by atoms with Crippen molar-refractivity contribution in [3.8, 4) is 11.5 Å². The molecular formula is C23H34O3. The highest BCUT2D eigenvalue weighted by molar-refractivity contribution is 5.59. The van der Waals surface area contributed by atoms with Crippen molar-refractivity contribution in [1.29, 1.82) is 0 Å². The summed E-state index contributed by atoms with van der Waals surface area (Å²) in [6.07, 6.45) is 9.28. The molecule has 0 aliphatic carbocycles. The fraction of sp³-hybridized carbons (Fsp3) is 0.652. The zero-order valence-corrected chi connectivity index (χ0v) is 17.3. The summed E-state index contributed by atoms with van der Waals surface area (Å²) >= 11 is 0. The van der Waals surface area contributed by atoms with Crippen molar-refractivity contribution in [2.75, 3.05) is 0 Å². The minimum atomic E-state index is -0.0896. The highest BCUT2D eigenvalue weighted by Crippen LogP contribution is 2.45. The average Bonchev–Trinajstić information content (AvgIpc) is 2.60. The Morgan fingerprint density at radius 2 is 1.96 bits per heavy atom. The van der Waals surface area contributed by atoms with E-state index in [2.05, 4.69) is 34.6 Å². The summed E-state index contributed by atoms with van der Waals surface area (Å²) in [6, 6.07) is 0. The van der Waals surface area contributed by atoms with Crippen LogP contribution in [0.4, 0.5) is 0 Å². The largest absolute Gasteiger partial charge is 0.487 e. The summed E-state index contributed by atoms with van der Waals surface area (Å²) in [5, 5.41) is 0. The van der Waals surface area contributed by atoms with Gasteiger partial charge in [-0.1, -0.05) is 33.1 Å². The minimum Gasteiger partial charge on any atom is -0.487 e. The minimum absolute atomic E-state index is 0.0896. The predicted octanol–water partition coefficient (Wildman–Crippen LogP) is 6.03. The first-order valence-corrected chi connectivity index (χ1v) is 10.0. The van der Waals surface area contributed by atoms with E-state index in [1.807, 2.05) is 6.92 Å². The lowest BCUT2D eigenvalue weighted by Gasteiger charge is -2.38. The molecule has 0 aromatic heterocycles. The molecule has 26 heavy (non-hydrogen) atoms. The molecule has 1 aliphatic heterocycles. The fourth-order valence-corrected chi connectivity index (χ4v) is 4.18. The van der Waals surface area contributed by atoms with Gasteiger partial charge in [0.05, 0.1) is 0 Å². The quantitative estimate of drug-likeness (QED) is 0.421. The Bertz CT molecular complexity index is 685. The van der Waals surface area contributed by atoms with Crippen LogP contribution in [0.15, 0.2) is 6.26 Å². The summed E-state index contributed by atoms with van der Waals surface area (Å²) in [5.41, 5.74) is 4.36. The fourth-order valence-electron chi connectivity index (χ4n) is 4.18. The molecule has 0 N–H and O–H groups in total. The van der Waals surface area contributed by atoms with Gasteiger partial charge in [0.1, 0.15) is 17.1 Å². The highest BCUT2D eigenvalue weighted by atomic mass is 16.5. The van der Waals surface area contributed by atoms with Crippen LogP contribution in [0.1, 0.15) is 81.5 Å². The summed E-state index contributed by atoms with van der Waals surface area (Å²) in [4.78, 5) is 10.5. The highest BCUT2D eigenvalue weighted by Gasteiger charge is 2.34. The van der Waals surface area contributed by atoms with Gasteiger partial charge in [-0.05, 0) is 76.0 Å². The monoisotopic (exact) mass is 358 g/mol. The Morgan fingerprint density at radius 1 is 1.23 bits per heavy atom. The summed E-state index contributed by atoms with van der Waals surface area (Å²) < 4.78 is 12.1. The molecule has 3 heteroatoms. The van der Waals surface area contributed by atoms with Crippen LogP contribution in [-0.2, 0) is 11.2 Å². The van der Waals surface area contributed by atoms with E-state index in [-0.39, 0.29) is 5.60 Å². The van der Waals surface area contributed by atoms with Crippen LogP contribution in [-0.4, -0.2) is 11.5 Å². The Labute approximate surface area is 158 Å². The van der Waals surface area contributed by atoms with E-state index in [9.17, 15) is 4.79 Å². The van der Waals surface area contributed by atoms with Crippen LogP contribution in [0.5, 0.6) is 11.5 Å². The topological polar surface area (TPSA) is 35.5 Å². The number of fused-ring (bicyclic) bond motifs is 1. The van der Waals surface area contributed by atoms with Gasteiger partial charge >= 0.3 is 0 Å². The SMILES string of the molecule is CCCC(C)CCCC1(C)CCc2c(C)c(OC=C=O)c(C)c(C)c2O1. The van der Waals surface area contributed by atoms with Gasteiger partial charge in [-0.3, -0.25) is 0 Å². The Kier molecular flexibility index (Phi) is 6.94. The maximum atomic E-state index is 10.5. The van der Waals surface area contributed by atoms with Gasteiger partial charge in [0.15, 0.2) is 12.2 Å². The lowest BCUT2D eigenvalue weighted by atomic mass is 9.84. The molecule has 0 saturated heterocycles. The number of hydrogen-bond donors (Lipinski definition) is 0. The number of carbonyl (C=O) groups excluding carboxylic acids is 1. The van der Waals surface area contributed by atoms with Crippen LogP contribution in [0.25, 0.3) is 0 Å². The molecular weight excluding hydrogens is 324 g/mol. The van der Waals surface area contributed by atoms with Gasteiger partial charge in [-0.15, -0.1) is 0 Å². The predicted molar refractivity (Wildman–Crippen MR) is 107 cm³/mol. The van der Waals surface area contributed by atoms with Crippen LogP contribution < -0.4 is 9.47 Å². The van der Waals surface area contributed by atoms with Crippen LogP contribution >= 0.6 is 0 Å². The van der Waals surface area contributed by atoms with E-state index in [0.29, 0.717) is 0 Å². The third-order valence-corrected chi connectivity index (χ3v) is 5.97. The Hall–Kier alpha value is -1.73. The molecule has 0 spiro atoms. The molecule has 2 rings (SSSR count). The lowest BCUT2D eigenvalue weighted by molar-refractivity contribution is 0.0512. The number of ether oxygens (including phenoxy) is 2. The Morgan fingerprint density at radius 3 is 2.62 bits per heavy atom. The van der Waals surface area contributed by atoms with E-state index in [1.165, 1.54) is 31.2 Å². The molecule has 1 aliphatic rings.